The van der Waals surface area contributed by atoms with Gasteiger partial charge in [0.1, 0.15) is 17.7 Å². The van der Waals surface area contributed by atoms with Crippen LogP contribution in [0.25, 0.3) is 0 Å². The zero-order valence-corrected chi connectivity index (χ0v) is 6.78. The molecule has 0 bridgehead atoms. The first-order valence-electron chi connectivity index (χ1n) is 3.69. The lowest BCUT2D eigenvalue weighted by Crippen LogP contribution is -1.91. The summed E-state index contributed by atoms with van der Waals surface area (Å²) in [5, 5.41) is 17.1. The van der Waals surface area contributed by atoms with Crippen LogP contribution in [0.2, 0.25) is 0 Å². The summed E-state index contributed by atoms with van der Waals surface area (Å²) < 4.78 is 0. The maximum atomic E-state index is 8.55. The number of rotatable bonds is 0. The van der Waals surface area contributed by atoms with Crippen LogP contribution in [-0.4, -0.2) is 0 Å². The van der Waals surface area contributed by atoms with E-state index in [1.165, 1.54) is 0 Å². The van der Waals surface area contributed by atoms with E-state index in [4.69, 9.17) is 10.5 Å². The van der Waals surface area contributed by atoms with Gasteiger partial charge in [-0.1, -0.05) is 31.2 Å². The SMILES string of the molecule is CC1C=CC(=C(C#N)C#N)C=C1. The molecular weight excluding hydrogens is 148 g/mol. The first-order chi connectivity index (χ1) is 5.77. The number of hydrogen-bond donors (Lipinski definition) is 0. The molecule has 0 aromatic heterocycles. The quantitative estimate of drug-likeness (QED) is 0.504. The number of allylic oxidation sites excluding steroid dienone is 6. The van der Waals surface area contributed by atoms with Gasteiger partial charge >= 0.3 is 0 Å². The van der Waals surface area contributed by atoms with Gasteiger partial charge in [0.2, 0.25) is 0 Å². The van der Waals surface area contributed by atoms with Gasteiger partial charge in [0.05, 0.1) is 0 Å². The van der Waals surface area contributed by atoms with E-state index in [1.54, 1.807) is 0 Å². The lowest BCUT2D eigenvalue weighted by Gasteiger charge is -2.04. The highest BCUT2D eigenvalue weighted by atomic mass is 14.3. The van der Waals surface area contributed by atoms with Crippen molar-refractivity contribution in [2.75, 3.05) is 0 Å². The normalized spacial score (nSPS) is 19.9. The third-order valence-corrected chi connectivity index (χ3v) is 1.67. The van der Waals surface area contributed by atoms with Crippen LogP contribution in [0.3, 0.4) is 0 Å². The molecule has 58 valence electrons. The Bertz CT molecular complexity index is 313. The molecule has 1 aliphatic rings. The summed E-state index contributed by atoms with van der Waals surface area (Å²) in [7, 11) is 0. The lowest BCUT2D eigenvalue weighted by atomic mass is 9.99. The fourth-order valence-electron chi connectivity index (χ4n) is 0.951. The second kappa shape index (κ2) is 3.55. The van der Waals surface area contributed by atoms with Gasteiger partial charge in [0.25, 0.3) is 0 Å². The Kier molecular flexibility index (Phi) is 2.46. The minimum Gasteiger partial charge on any atom is -0.192 e. The van der Waals surface area contributed by atoms with Crippen LogP contribution in [0, 0.1) is 28.6 Å². The molecule has 0 unspecified atom stereocenters. The van der Waals surface area contributed by atoms with E-state index in [0.29, 0.717) is 11.5 Å². The Hall–Kier alpha value is -1.80. The summed E-state index contributed by atoms with van der Waals surface area (Å²) in [4.78, 5) is 0. The van der Waals surface area contributed by atoms with Crippen molar-refractivity contribution < 1.29 is 0 Å². The summed E-state index contributed by atoms with van der Waals surface area (Å²) in [6.45, 7) is 2.04. The van der Waals surface area contributed by atoms with E-state index in [1.807, 2.05) is 43.4 Å². The van der Waals surface area contributed by atoms with Crippen LogP contribution in [0.4, 0.5) is 0 Å². The van der Waals surface area contributed by atoms with Crippen molar-refractivity contribution in [3.8, 4) is 12.1 Å². The summed E-state index contributed by atoms with van der Waals surface area (Å²) in [5.74, 6) is 0.396. The molecule has 0 N–H and O–H groups in total. The van der Waals surface area contributed by atoms with E-state index >= 15 is 0 Å². The van der Waals surface area contributed by atoms with Gasteiger partial charge in [-0.3, -0.25) is 0 Å². The molecule has 2 nitrogen and oxygen atoms in total. The highest BCUT2D eigenvalue weighted by Crippen LogP contribution is 2.15. The monoisotopic (exact) mass is 156 g/mol. The van der Waals surface area contributed by atoms with Crippen LogP contribution in [0.5, 0.6) is 0 Å². The van der Waals surface area contributed by atoms with Crippen molar-refractivity contribution >= 4 is 0 Å². The molecular formula is C10H8N2. The van der Waals surface area contributed by atoms with E-state index in [2.05, 4.69) is 0 Å². The maximum Gasteiger partial charge on any atom is 0.136 e. The average Bonchev–Trinajstić information content (AvgIpc) is 2.10. The third-order valence-electron chi connectivity index (χ3n) is 1.67. The van der Waals surface area contributed by atoms with Crippen molar-refractivity contribution in [1.82, 2.24) is 0 Å². The van der Waals surface area contributed by atoms with Gasteiger partial charge in [-0.05, 0) is 5.92 Å². The number of nitrogens with zero attached hydrogens (tertiary/aromatic N) is 2. The van der Waals surface area contributed by atoms with Crippen molar-refractivity contribution in [3.63, 3.8) is 0 Å². The van der Waals surface area contributed by atoms with E-state index < -0.39 is 0 Å². The highest BCUT2D eigenvalue weighted by Gasteiger charge is 2.03. The molecule has 0 aliphatic heterocycles. The summed E-state index contributed by atoms with van der Waals surface area (Å²) in [6, 6.07) is 3.70. The van der Waals surface area contributed by atoms with Crippen LogP contribution in [0.1, 0.15) is 6.92 Å². The van der Waals surface area contributed by atoms with Crippen LogP contribution in [-0.2, 0) is 0 Å². The van der Waals surface area contributed by atoms with Crippen molar-refractivity contribution in [1.29, 1.82) is 10.5 Å². The molecule has 0 saturated heterocycles. The van der Waals surface area contributed by atoms with Gasteiger partial charge < -0.3 is 0 Å². The molecule has 12 heavy (non-hydrogen) atoms. The fraction of sp³-hybridized carbons (Fsp3) is 0.200. The Morgan fingerprint density at radius 1 is 1.25 bits per heavy atom. The second-order valence-corrected chi connectivity index (χ2v) is 2.63. The topological polar surface area (TPSA) is 47.6 Å². The maximum absolute atomic E-state index is 8.55. The summed E-state index contributed by atoms with van der Waals surface area (Å²) in [5.41, 5.74) is 0.882. The Morgan fingerprint density at radius 3 is 2.17 bits per heavy atom. The molecule has 0 spiro atoms. The predicted molar refractivity (Wildman–Crippen MR) is 45.7 cm³/mol. The van der Waals surface area contributed by atoms with Gasteiger partial charge in [0, 0.05) is 5.57 Å². The first-order valence-corrected chi connectivity index (χ1v) is 3.69. The van der Waals surface area contributed by atoms with Crippen LogP contribution >= 0.6 is 0 Å². The summed E-state index contributed by atoms with van der Waals surface area (Å²) >= 11 is 0. The zero-order valence-electron chi connectivity index (χ0n) is 6.78. The largest absolute Gasteiger partial charge is 0.192 e. The van der Waals surface area contributed by atoms with E-state index in [0.717, 1.165) is 0 Å². The number of nitriles is 2. The van der Waals surface area contributed by atoms with Gasteiger partial charge in [-0.2, -0.15) is 10.5 Å². The molecule has 1 rings (SSSR count). The van der Waals surface area contributed by atoms with Crippen molar-refractivity contribution in [2.24, 2.45) is 5.92 Å². The molecule has 0 aromatic carbocycles. The second-order valence-electron chi connectivity index (χ2n) is 2.63. The molecule has 0 fully saturated rings. The van der Waals surface area contributed by atoms with E-state index in [9.17, 15) is 0 Å². The van der Waals surface area contributed by atoms with Gasteiger partial charge in [-0.15, -0.1) is 0 Å². The standard InChI is InChI=1S/C10H8N2/c1-8-2-4-9(5-3-8)10(6-11)7-12/h2-5,8H,1H3. The first kappa shape index (κ1) is 8.30. The van der Waals surface area contributed by atoms with E-state index in [-0.39, 0.29) is 5.57 Å². The zero-order chi connectivity index (χ0) is 8.97. The third kappa shape index (κ3) is 1.62. The molecule has 0 radical (unpaired) electrons. The molecule has 0 saturated carbocycles. The van der Waals surface area contributed by atoms with Gasteiger partial charge in [-0.25, -0.2) is 0 Å². The Morgan fingerprint density at radius 2 is 1.75 bits per heavy atom. The smallest absolute Gasteiger partial charge is 0.136 e. The summed E-state index contributed by atoms with van der Waals surface area (Å²) in [6.07, 6.45) is 7.55. The molecule has 0 aromatic rings. The van der Waals surface area contributed by atoms with Gasteiger partial charge in [0.15, 0.2) is 0 Å². The Balaban J connectivity index is 3.02. The minimum atomic E-state index is 0.175. The van der Waals surface area contributed by atoms with Crippen LogP contribution in [0.15, 0.2) is 35.5 Å². The Labute approximate surface area is 71.7 Å². The highest BCUT2D eigenvalue weighted by molar-refractivity contribution is 5.51. The molecule has 1 aliphatic carbocycles. The average molecular weight is 156 g/mol. The molecule has 2 heteroatoms. The van der Waals surface area contributed by atoms with Crippen molar-refractivity contribution in [3.05, 3.63) is 35.5 Å². The lowest BCUT2D eigenvalue weighted by molar-refractivity contribution is 0.928. The molecule has 0 amide bonds. The molecule has 0 heterocycles. The van der Waals surface area contributed by atoms with Crippen molar-refractivity contribution in [2.45, 2.75) is 6.92 Å². The molecule has 0 atom stereocenters. The fourth-order valence-corrected chi connectivity index (χ4v) is 0.951. The predicted octanol–water partition coefficient (Wildman–Crippen LogP) is 2.09. The number of hydrogen-bond acceptors (Lipinski definition) is 2. The minimum absolute atomic E-state index is 0.175. The van der Waals surface area contributed by atoms with Crippen LogP contribution < -0.4 is 0 Å².